The molecule has 1 amide bonds. The highest BCUT2D eigenvalue weighted by Gasteiger charge is 2.43. The molecule has 1 fully saturated rings. The Labute approximate surface area is 134 Å². The number of nitrogens with one attached hydrogen (secondary N) is 1. The maximum absolute atomic E-state index is 12.1. The van der Waals surface area contributed by atoms with Gasteiger partial charge in [-0.3, -0.25) is 4.79 Å². The van der Waals surface area contributed by atoms with Gasteiger partial charge in [0.1, 0.15) is 0 Å². The number of amides is 1. The van der Waals surface area contributed by atoms with Crippen molar-refractivity contribution in [1.82, 2.24) is 5.32 Å². The summed E-state index contributed by atoms with van der Waals surface area (Å²) in [5.74, 6) is -0.160. The van der Waals surface area contributed by atoms with E-state index in [4.69, 9.17) is 14.2 Å². The summed E-state index contributed by atoms with van der Waals surface area (Å²) >= 11 is 0. The molecule has 1 atom stereocenters. The SMILES string of the molecule is COc1ccc(CCC(=O)NC2(C(=O)O)CCOC2)cc1OC. The number of rotatable bonds is 7. The lowest BCUT2D eigenvalue weighted by Gasteiger charge is -2.23. The molecule has 7 heteroatoms. The summed E-state index contributed by atoms with van der Waals surface area (Å²) in [6.45, 7) is 0.340. The minimum atomic E-state index is -1.30. The second-order valence-corrected chi connectivity index (χ2v) is 5.43. The first-order valence-corrected chi connectivity index (χ1v) is 7.34. The van der Waals surface area contributed by atoms with Crippen LogP contribution in [0.1, 0.15) is 18.4 Å². The van der Waals surface area contributed by atoms with Gasteiger partial charge in [-0.15, -0.1) is 0 Å². The zero-order valence-corrected chi connectivity index (χ0v) is 13.3. The number of hydrogen-bond donors (Lipinski definition) is 2. The van der Waals surface area contributed by atoms with Crippen LogP contribution in [0.4, 0.5) is 0 Å². The molecule has 0 bridgehead atoms. The number of benzene rings is 1. The molecule has 1 unspecified atom stereocenters. The Balaban J connectivity index is 1.95. The predicted molar refractivity (Wildman–Crippen MR) is 81.8 cm³/mol. The van der Waals surface area contributed by atoms with E-state index in [-0.39, 0.29) is 25.4 Å². The second-order valence-electron chi connectivity index (χ2n) is 5.43. The van der Waals surface area contributed by atoms with Crippen LogP contribution in [0.15, 0.2) is 18.2 Å². The van der Waals surface area contributed by atoms with E-state index in [1.54, 1.807) is 26.4 Å². The number of methoxy groups -OCH3 is 2. The normalized spacial score (nSPS) is 20.1. The van der Waals surface area contributed by atoms with E-state index in [2.05, 4.69) is 5.32 Å². The Morgan fingerprint density at radius 1 is 1.30 bits per heavy atom. The van der Waals surface area contributed by atoms with Crippen molar-refractivity contribution in [3.8, 4) is 11.5 Å². The molecule has 1 heterocycles. The molecule has 23 heavy (non-hydrogen) atoms. The van der Waals surface area contributed by atoms with Crippen molar-refractivity contribution in [3.05, 3.63) is 23.8 Å². The van der Waals surface area contributed by atoms with Gasteiger partial charge in [0.2, 0.25) is 5.91 Å². The van der Waals surface area contributed by atoms with Gasteiger partial charge in [0.15, 0.2) is 17.0 Å². The first kappa shape index (κ1) is 17.1. The summed E-state index contributed by atoms with van der Waals surface area (Å²) in [6.07, 6.45) is 0.942. The van der Waals surface area contributed by atoms with Crippen molar-refractivity contribution in [3.63, 3.8) is 0 Å². The average molecular weight is 323 g/mol. The average Bonchev–Trinajstić information content (AvgIpc) is 3.02. The van der Waals surface area contributed by atoms with Crippen LogP contribution in [0, 0.1) is 0 Å². The van der Waals surface area contributed by atoms with Gasteiger partial charge in [-0.25, -0.2) is 4.79 Å². The van der Waals surface area contributed by atoms with Crippen molar-refractivity contribution in [2.75, 3.05) is 27.4 Å². The molecule has 1 saturated heterocycles. The van der Waals surface area contributed by atoms with E-state index in [0.29, 0.717) is 24.5 Å². The Morgan fingerprint density at radius 2 is 2.04 bits per heavy atom. The lowest BCUT2D eigenvalue weighted by Crippen LogP contribution is -2.55. The summed E-state index contributed by atoms with van der Waals surface area (Å²) < 4.78 is 15.5. The second kappa shape index (κ2) is 7.32. The topological polar surface area (TPSA) is 94.1 Å². The van der Waals surface area contributed by atoms with Gasteiger partial charge in [-0.2, -0.15) is 0 Å². The zero-order chi connectivity index (χ0) is 16.9. The van der Waals surface area contributed by atoms with E-state index < -0.39 is 11.5 Å². The molecule has 2 N–H and O–H groups in total. The molecule has 1 aliphatic heterocycles. The van der Waals surface area contributed by atoms with Gasteiger partial charge in [-0.05, 0) is 24.1 Å². The first-order valence-electron chi connectivity index (χ1n) is 7.34. The summed E-state index contributed by atoms with van der Waals surface area (Å²) in [5.41, 5.74) is -0.390. The van der Waals surface area contributed by atoms with Gasteiger partial charge in [-0.1, -0.05) is 6.07 Å². The zero-order valence-electron chi connectivity index (χ0n) is 13.3. The molecule has 1 aromatic rings. The Hall–Kier alpha value is -2.28. The molecule has 1 aliphatic rings. The van der Waals surface area contributed by atoms with Gasteiger partial charge in [0.25, 0.3) is 0 Å². The molecule has 0 radical (unpaired) electrons. The number of aliphatic carboxylic acids is 1. The molecular weight excluding hydrogens is 302 g/mol. The number of hydrogen-bond acceptors (Lipinski definition) is 5. The molecule has 0 spiro atoms. The van der Waals surface area contributed by atoms with Crippen LogP contribution in [-0.4, -0.2) is 50.0 Å². The third-order valence-electron chi connectivity index (χ3n) is 3.90. The third-order valence-corrected chi connectivity index (χ3v) is 3.90. The minimum Gasteiger partial charge on any atom is -0.493 e. The van der Waals surface area contributed by atoms with Crippen LogP contribution >= 0.6 is 0 Å². The summed E-state index contributed by atoms with van der Waals surface area (Å²) in [5, 5.41) is 11.9. The van der Waals surface area contributed by atoms with Gasteiger partial charge >= 0.3 is 5.97 Å². The number of aryl methyl sites for hydroxylation is 1. The molecule has 126 valence electrons. The molecule has 1 aromatic carbocycles. The highest BCUT2D eigenvalue weighted by molar-refractivity contribution is 5.87. The van der Waals surface area contributed by atoms with E-state index in [1.165, 1.54) is 0 Å². The molecule has 0 aliphatic carbocycles. The summed E-state index contributed by atoms with van der Waals surface area (Å²) in [6, 6.07) is 5.42. The molecular formula is C16H21NO6. The maximum Gasteiger partial charge on any atom is 0.331 e. The molecule has 0 saturated carbocycles. The predicted octanol–water partition coefficient (Wildman–Crippen LogP) is 0.996. The van der Waals surface area contributed by atoms with E-state index in [0.717, 1.165) is 5.56 Å². The molecule has 7 nitrogen and oxygen atoms in total. The monoisotopic (exact) mass is 323 g/mol. The van der Waals surface area contributed by atoms with Crippen molar-refractivity contribution < 1.29 is 28.9 Å². The number of carboxylic acids is 1. The molecule has 2 rings (SSSR count). The highest BCUT2D eigenvalue weighted by Crippen LogP contribution is 2.28. The standard InChI is InChI=1S/C16H21NO6/c1-21-12-5-3-11(9-13(12)22-2)4-6-14(18)17-16(15(19)20)7-8-23-10-16/h3,5,9H,4,6-8,10H2,1-2H3,(H,17,18)(H,19,20). The van der Waals surface area contributed by atoms with Gasteiger partial charge in [0, 0.05) is 19.4 Å². The van der Waals surface area contributed by atoms with Crippen LogP contribution < -0.4 is 14.8 Å². The van der Waals surface area contributed by atoms with Gasteiger partial charge < -0.3 is 24.6 Å². The van der Waals surface area contributed by atoms with Crippen LogP contribution in [-0.2, 0) is 20.7 Å². The van der Waals surface area contributed by atoms with Crippen LogP contribution in [0.3, 0.4) is 0 Å². The minimum absolute atomic E-state index is 0.00440. The quantitative estimate of drug-likeness (QED) is 0.777. The highest BCUT2D eigenvalue weighted by atomic mass is 16.5. The van der Waals surface area contributed by atoms with E-state index in [1.807, 2.05) is 6.07 Å². The molecule has 0 aromatic heterocycles. The van der Waals surface area contributed by atoms with Crippen molar-refractivity contribution in [2.24, 2.45) is 0 Å². The fourth-order valence-corrected chi connectivity index (χ4v) is 2.51. The number of carboxylic acid groups (broad SMARTS) is 1. The Morgan fingerprint density at radius 3 is 2.61 bits per heavy atom. The fourth-order valence-electron chi connectivity index (χ4n) is 2.51. The van der Waals surface area contributed by atoms with Crippen LogP contribution in [0.25, 0.3) is 0 Å². The largest absolute Gasteiger partial charge is 0.493 e. The van der Waals surface area contributed by atoms with Gasteiger partial charge in [0.05, 0.1) is 20.8 Å². The Bertz CT molecular complexity index is 580. The third kappa shape index (κ3) is 3.92. The smallest absolute Gasteiger partial charge is 0.331 e. The fraction of sp³-hybridized carbons (Fsp3) is 0.500. The number of ether oxygens (including phenoxy) is 3. The van der Waals surface area contributed by atoms with Crippen molar-refractivity contribution in [1.29, 1.82) is 0 Å². The lowest BCUT2D eigenvalue weighted by atomic mass is 9.98. The number of carbonyl (C=O) groups excluding carboxylic acids is 1. The van der Waals surface area contributed by atoms with E-state index in [9.17, 15) is 14.7 Å². The lowest BCUT2D eigenvalue weighted by molar-refractivity contribution is -0.147. The summed E-state index contributed by atoms with van der Waals surface area (Å²) in [7, 11) is 3.10. The first-order chi connectivity index (χ1) is 11.0. The van der Waals surface area contributed by atoms with Crippen molar-refractivity contribution >= 4 is 11.9 Å². The van der Waals surface area contributed by atoms with E-state index >= 15 is 0 Å². The van der Waals surface area contributed by atoms with Crippen LogP contribution in [0.5, 0.6) is 11.5 Å². The Kier molecular flexibility index (Phi) is 5.44. The number of carbonyl (C=O) groups is 2. The van der Waals surface area contributed by atoms with Crippen molar-refractivity contribution in [2.45, 2.75) is 24.8 Å². The maximum atomic E-state index is 12.1. The summed E-state index contributed by atoms with van der Waals surface area (Å²) in [4.78, 5) is 23.4. The van der Waals surface area contributed by atoms with Crippen LogP contribution in [0.2, 0.25) is 0 Å².